The second kappa shape index (κ2) is 5.59. The summed E-state index contributed by atoms with van der Waals surface area (Å²) in [6.45, 7) is 6.37. The lowest BCUT2D eigenvalue weighted by molar-refractivity contribution is 0.594. The summed E-state index contributed by atoms with van der Waals surface area (Å²) in [5, 5.41) is 7.48. The highest BCUT2D eigenvalue weighted by Gasteiger charge is 2.17. The molecule has 1 N–H and O–H groups in total. The molecule has 96 valence electrons. The van der Waals surface area contributed by atoms with Crippen molar-refractivity contribution in [3.05, 3.63) is 45.5 Å². The molecular weight excluding hydrogens is 242 g/mol. The van der Waals surface area contributed by atoms with Gasteiger partial charge in [-0.25, -0.2) is 0 Å². The third-order valence-electron chi connectivity index (χ3n) is 3.40. The fourth-order valence-corrected chi connectivity index (χ4v) is 3.01. The lowest BCUT2D eigenvalue weighted by atomic mass is 9.95. The van der Waals surface area contributed by atoms with Crippen LogP contribution in [0, 0.1) is 20.8 Å². The van der Waals surface area contributed by atoms with Crippen LogP contribution in [0.4, 0.5) is 0 Å². The molecule has 18 heavy (non-hydrogen) atoms. The van der Waals surface area contributed by atoms with Crippen LogP contribution in [0.1, 0.15) is 33.3 Å². The maximum Gasteiger partial charge on any atom is 0.0772 e. The topological polar surface area (TPSA) is 37.8 Å². The SMILES string of the molecule is CNC(Cc1c(C)cccc1C)c1snnc1C. The van der Waals surface area contributed by atoms with E-state index in [9.17, 15) is 0 Å². The Kier molecular flexibility index (Phi) is 4.09. The van der Waals surface area contributed by atoms with Gasteiger partial charge in [-0.15, -0.1) is 5.10 Å². The zero-order valence-corrected chi connectivity index (χ0v) is 12.1. The largest absolute Gasteiger partial charge is 0.312 e. The first-order valence-corrected chi connectivity index (χ1v) is 6.92. The molecule has 2 aromatic rings. The van der Waals surface area contributed by atoms with Gasteiger partial charge in [0.2, 0.25) is 0 Å². The zero-order valence-electron chi connectivity index (χ0n) is 11.3. The van der Waals surface area contributed by atoms with E-state index in [1.165, 1.54) is 33.1 Å². The predicted molar refractivity (Wildman–Crippen MR) is 76.1 cm³/mol. The number of nitrogens with zero attached hydrogens (tertiary/aromatic N) is 2. The van der Waals surface area contributed by atoms with Gasteiger partial charge in [0.05, 0.1) is 10.6 Å². The number of hydrogen-bond acceptors (Lipinski definition) is 4. The average molecular weight is 261 g/mol. The van der Waals surface area contributed by atoms with E-state index < -0.39 is 0 Å². The number of hydrogen-bond donors (Lipinski definition) is 1. The Balaban J connectivity index is 2.29. The average Bonchev–Trinajstić information content (AvgIpc) is 2.76. The van der Waals surface area contributed by atoms with E-state index in [1.807, 2.05) is 14.0 Å². The molecule has 1 aromatic carbocycles. The van der Waals surface area contributed by atoms with Crippen molar-refractivity contribution < 1.29 is 0 Å². The number of rotatable bonds is 4. The lowest BCUT2D eigenvalue weighted by Gasteiger charge is -2.18. The predicted octanol–water partition coefficient (Wildman–Crippen LogP) is 2.97. The molecule has 1 atom stereocenters. The molecule has 1 aromatic heterocycles. The smallest absolute Gasteiger partial charge is 0.0772 e. The lowest BCUT2D eigenvalue weighted by Crippen LogP contribution is -2.19. The third-order valence-corrected chi connectivity index (χ3v) is 4.34. The van der Waals surface area contributed by atoms with Crippen LogP contribution in [0.3, 0.4) is 0 Å². The van der Waals surface area contributed by atoms with E-state index in [1.54, 1.807) is 0 Å². The van der Waals surface area contributed by atoms with E-state index in [0.29, 0.717) is 6.04 Å². The van der Waals surface area contributed by atoms with Crippen LogP contribution in [0.25, 0.3) is 0 Å². The van der Waals surface area contributed by atoms with Gasteiger partial charge in [0.15, 0.2) is 0 Å². The zero-order chi connectivity index (χ0) is 13.1. The first kappa shape index (κ1) is 13.2. The van der Waals surface area contributed by atoms with Gasteiger partial charge in [-0.05, 0) is 62.5 Å². The summed E-state index contributed by atoms with van der Waals surface area (Å²) in [4.78, 5) is 1.24. The minimum Gasteiger partial charge on any atom is -0.312 e. The molecular formula is C14H19N3S. The van der Waals surface area contributed by atoms with Gasteiger partial charge < -0.3 is 5.32 Å². The Morgan fingerprint density at radius 2 is 1.89 bits per heavy atom. The van der Waals surface area contributed by atoms with Gasteiger partial charge in [-0.1, -0.05) is 22.7 Å². The van der Waals surface area contributed by atoms with Crippen LogP contribution >= 0.6 is 11.5 Å². The van der Waals surface area contributed by atoms with Crippen molar-refractivity contribution in [2.45, 2.75) is 33.2 Å². The molecule has 0 radical (unpaired) electrons. The summed E-state index contributed by atoms with van der Waals surface area (Å²) >= 11 is 1.49. The normalized spacial score (nSPS) is 12.7. The van der Waals surface area contributed by atoms with Gasteiger partial charge in [0.25, 0.3) is 0 Å². The molecule has 0 saturated carbocycles. The molecule has 2 rings (SSSR count). The van der Waals surface area contributed by atoms with Crippen LogP contribution in [-0.2, 0) is 6.42 Å². The highest BCUT2D eigenvalue weighted by molar-refractivity contribution is 7.05. The van der Waals surface area contributed by atoms with Gasteiger partial charge >= 0.3 is 0 Å². The Labute approximate surface area is 112 Å². The Bertz CT molecular complexity index is 513. The van der Waals surface area contributed by atoms with Gasteiger partial charge in [-0.3, -0.25) is 0 Å². The number of likely N-dealkylation sites (N-methyl/N-ethyl adjacent to an activating group) is 1. The Morgan fingerprint density at radius 3 is 2.39 bits per heavy atom. The maximum absolute atomic E-state index is 4.10. The van der Waals surface area contributed by atoms with Crippen molar-refractivity contribution in [1.29, 1.82) is 0 Å². The molecule has 0 aliphatic rings. The summed E-state index contributed by atoms with van der Waals surface area (Å²) in [5.41, 5.74) is 5.16. The number of benzene rings is 1. The van der Waals surface area contributed by atoms with Crippen LogP contribution in [0.5, 0.6) is 0 Å². The van der Waals surface area contributed by atoms with E-state index in [4.69, 9.17) is 0 Å². The van der Waals surface area contributed by atoms with Crippen molar-refractivity contribution >= 4 is 11.5 Å². The van der Waals surface area contributed by atoms with Crippen molar-refractivity contribution in [3.63, 3.8) is 0 Å². The second-order valence-electron chi connectivity index (χ2n) is 4.64. The van der Waals surface area contributed by atoms with Crippen molar-refractivity contribution in [3.8, 4) is 0 Å². The minimum atomic E-state index is 0.296. The minimum absolute atomic E-state index is 0.296. The molecule has 0 saturated heterocycles. The molecule has 1 unspecified atom stereocenters. The molecule has 0 aliphatic carbocycles. The molecule has 1 heterocycles. The van der Waals surface area contributed by atoms with E-state index in [-0.39, 0.29) is 0 Å². The Hall–Kier alpha value is -1.26. The van der Waals surface area contributed by atoms with E-state index in [0.717, 1.165) is 12.1 Å². The number of aromatic nitrogens is 2. The van der Waals surface area contributed by atoms with Crippen LogP contribution < -0.4 is 5.32 Å². The van der Waals surface area contributed by atoms with Gasteiger partial charge in [-0.2, -0.15) is 0 Å². The van der Waals surface area contributed by atoms with E-state index in [2.05, 4.69) is 47.0 Å². The fraction of sp³-hybridized carbons (Fsp3) is 0.429. The Morgan fingerprint density at radius 1 is 1.22 bits per heavy atom. The molecule has 3 nitrogen and oxygen atoms in total. The van der Waals surface area contributed by atoms with Crippen LogP contribution in [0.2, 0.25) is 0 Å². The quantitative estimate of drug-likeness (QED) is 0.919. The summed E-state index contributed by atoms with van der Waals surface area (Å²) in [6, 6.07) is 6.76. The molecule has 0 amide bonds. The summed E-state index contributed by atoms with van der Waals surface area (Å²) in [7, 11) is 2.00. The molecule has 0 fully saturated rings. The first-order chi connectivity index (χ1) is 8.63. The summed E-state index contributed by atoms with van der Waals surface area (Å²) in [6.07, 6.45) is 0.986. The monoisotopic (exact) mass is 261 g/mol. The van der Waals surface area contributed by atoms with Gasteiger partial charge in [0, 0.05) is 6.04 Å². The summed E-state index contributed by atoms with van der Waals surface area (Å²) in [5.74, 6) is 0. The summed E-state index contributed by atoms with van der Waals surface area (Å²) < 4.78 is 4.03. The molecule has 4 heteroatoms. The second-order valence-corrected chi connectivity index (χ2v) is 5.42. The van der Waals surface area contributed by atoms with Crippen LogP contribution in [0.15, 0.2) is 18.2 Å². The van der Waals surface area contributed by atoms with Crippen molar-refractivity contribution in [1.82, 2.24) is 14.9 Å². The molecule has 0 bridgehead atoms. The number of nitrogens with one attached hydrogen (secondary N) is 1. The standard InChI is InChI=1S/C14H19N3S/c1-9-6-5-7-10(2)12(9)8-13(15-4)14-11(3)16-17-18-14/h5-7,13,15H,8H2,1-4H3. The van der Waals surface area contributed by atoms with E-state index >= 15 is 0 Å². The van der Waals surface area contributed by atoms with Gasteiger partial charge in [0.1, 0.15) is 0 Å². The fourth-order valence-electron chi connectivity index (χ4n) is 2.26. The van der Waals surface area contributed by atoms with Crippen molar-refractivity contribution in [2.75, 3.05) is 7.05 Å². The first-order valence-electron chi connectivity index (χ1n) is 6.14. The third kappa shape index (κ3) is 2.60. The molecule has 0 aliphatic heterocycles. The maximum atomic E-state index is 4.10. The molecule has 0 spiro atoms. The van der Waals surface area contributed by atoms with Crippen molar-refractivity contribution in [2.24, 2.45) is 0 Å². The highest BCUT2D eigenvalue weighted by atomic mass is 32.1. The number of aryl methyl sites for hydroxylation is 3. The highest BCUT2D eigenvalue weighted by Crippen LogP contribution is 2.26. The van der Waals surface area contributed by atoms with Crippen LogP contribution in [-0.4, -0.2) is 16.6 Å².